The minimum absolute atomic E-state index is 0.0384. The molecule has 1 N–H and O–H groups in total. The number of rotatable bonds is 1. The monoisotopic (exact) mass is 236 g/mol. The highest BCUT2D eigenvalue weighted by Gasteiger charge is 2.31. The molecule has 0 spiro atoms. The van der Waals surface area contributed by atoms with E-state index in [2.05, 4.69) is 0 Å². The summed E-state index contributed by atoms with van der Waals surface area (Å²) in [7, 11) is 0. The van der Waals surface area contributed by atoms with E-state index in [1.165, 1.54) is 6.07 Å². The van der Waals surface area contributed by atoms with Crippen LogP contribution >= 0.6 is 11.8 Å². The second-order valence-electron chi connectivity index (χ2n) is 3.34. The van der Waals surface area contributed by atoms with Crippen LogP contribution in [0.5, 0.6) is 5.75 Å². The normalized spacial score (nSPS) is 11.9. The van der Waals surface area contributed by atoms with Crippen molar-refractivity contribution in [3.63, 3.8) is 0 Å². The van der Waals surface area contributed by atoms with E-state index >= 15 is 0 Å². The van der Waals surface area contributed by atoms with Crippen LogP contribution < -0.4 is 0 Å². The predicted octanol–water partition coefficient (Wildman–Crippen LogP) is 3.93. The third kappa shape index (κ3) is 2.81. The molecule has 0 heterocycles. The maximum absolute atomic E-state index is 12.2. The van der Waals surface area contributed by atoms with Gasteiger partial charge in [-0.1, -0.05) is 0 Å². The zero-order valence-electron chi connectivity index (χ0n) is 8.57. The molecule has 1 aromatic carbocycles. The molecule has 0 saturated carbocycles. The van der Waals surface area contributed by atoms with Gasteiger partial charge in [0.05, 0.1) is 0 Å². The van der Waals surface area contributed by atoms with Crippen molar-refractivity contribution in [1.82, 2.24) is 0 Å². The van der Waals surface area contributed by atoms with Gasteiger partial charge in [0.25, 0.3) is 0 Å². The minimum Gasteiger partial charge on any atom is -0.508 e. The topological polar surface area (TPSA) is 20.2 Å². The molecule has 1 aromatic rings. The van der Waals surface area contributed by atoms with Crippen LogP contribution in [0.1, 0.15) is 16.7 Å². The Kier molecular flexibility index (Phi) is 3.23. The summed E-state index contributed by atoms with van der Waals surface area (Å²) < 4.78 is 36.7. The first kappa shape index (κ1) is 12.2. The average molecular weight is 236 g/mol. The Labute approximate surface area is 90.3 Å². The van der Waals surface area contributed by atoms with Crippen molar-refractivity contribution in [1.29, 1.82) is 0 Å². The average Bonchev–Trinajstić information content (AvgIpc) is 2.07. The van der Waals surface area contributed by atoms with E-state index in [9.17, 15) is 18.3 Å². The first-order valence-electron chi connectivity index (χ1n) is 4.28. The number of aromatic hydroxyl groups is 1. The Bertz CT molecular complexity index is 385. The molecule has 15 heavy (non-hydrogen) atoms. The van der Waals surface area contributed by atoms with Gasteiger partial charge in [0.2, 0.25) is 0 Å². The standard InChI is InChI=1S/C10H11F3OS/c1-5-4-8(14)6(2)7(3)9(5)15-10(11,12)13/h4,14H,1-3H3. The zero-order valence-corrected chi connectivity index (χ0v) is 9.38. The van der Waals surface area contributed by atoms with Crippen molar-refractivity contribution in [3.05, 3.63) is 22.8 Å². The summed E-state index contributed by atoms with van der Waals surface area (Å²) in [5.41, 5.74) is -2.88. The van der Waals surface area contributed by atoms with Crippen LogP contribution in [0, 0.1) is 20.8 Å². The predicted molar refractivity (Wildman–Crippen MR) is 54.2 cm³/mol. The lowest BCUT2D eigenvalue weighted by Gasteiger charge is -2.14. The summed E-state index contributed by atoms with van der Waals surface area (Å²) in [6.07, 6.45) is 0. The fraction of sp³-hybridized carbons (Fsp3) is 0.400. The van der Waals surface area contributed by atoms with Gasteiger partial charge in [0.1, 0.15) is 5.75 Å². The number of halogens is 3. The maximum atomic E-state index is 12.2. The summed E-state index contributed by atoms with van der Waals surface area (Å²) in [5.74, 6) is 0.0384. The van der Waals surface area contributed by atoms with Crippen LogP contribution in [0.15, 0.2) is 11.0 Å². The lowest BCUT2D eigenvalue weighted by atomic mass is 10.1. The summed E-state index contributed by atoms with van der Waals surface area (Å²) in [6, 6.07) is 1.36. The molecule has 0 unspecified atom stereocenters. The number of hydrogen-bond donors (Lipinski definition) is 1. The SMILES string of the molecule is Cc1cc(O)c(C)c(C)c1SC(F)(F)F. The number of phenolic OH excluding ortho intramolecular Hbond substituents is 1. The Morgan fingerprint density at radius 3 is 2.13 bits per heavy atom. The number of aryl methyl sites for hydroxylation is 1. The van der Waals surface area contributed by atoms with Crippen LogP contribution in [0.2, 0.25) is 0 Å². The van der Waals surface area contributed by atoms with E-state index in [0.29, 0.717) is 16.7 Å². The minimum atomic E-state index is -4.29. The van der Waals surface area contributed by atoms with E-state index in [0.717, 1.165) is 0 Å². The van der Waals surface area contributed by atoms with Gasteiger partial charge >= 0.3 is 5.51 Å². The van der Waals surface area contributed by atoms with E-state index < -0.39 is 5.51 Å². The molecular formula is C10H11F3OS. The van der Waals surface area contributed by atoms with Crippen LogP contribution in [-0.4, -0.2) is 10.6 Å². The van der Waals surface area contributed by atoms with Crippen molar-refractivity contribution in [2.24, 2.45) is 0 Å². The van der Waals surface area contributed by atoms with Crippen molar-refractivity contribution < 1.29 is 18.3 Å². The van der Waals surface area contributed by atoms with Gasteiger partial charge in [-0.15, -0.1) is 0 Å². The molecule has 1 rings (SSSR count). The van der Waals surface area contributed by atoms with Crippen LogP contribution in [-0.2, 0) is 0 Å². The largest absolute Gasteiger partial charge is 0.508 e. The van der Waals surface area contributed by atoms with Gasteiger partial charge < -0.3 is 5.11 Å². The molecule has 0 fully saturated rings. The molecule has 0 aliphatic heterocycles. The number of benzene rings is 1. The van der Waals surface area contributed by atoms with Gasteiger partial charge in [-0.3, -0.25) is 0 Å². The van der Waals surface area contributed by atoms with Crippen LogP contribution in [0.3, 0.4) is 0 Å². The van der Waals surface area contributed by atoms with Crippen molar-refractivity contribution in [2.75, 3.05) is 0 Å². The zero-order chi connectivity index (χ0) is 11.8. The van der Waals surface area contributed by atoms with Crippen LogP contribution in [0.4, 0.5) is 13.2 Å². The number of thioether (sulfide) groups is 1. The summed E-state index contributed by atoms with van der Waals surface area (Å²) in [6.45, 7) is 4.74. The second kappa shape index (κ2) is 3.96. The first-order valence-corrected chi connectivity index (χ1v) is 5.09. The number of alkyl halides is 3. The Morgan fingerprint density at radius 1 is 1.13 bits per heavy atom. The first-order chi connectivity index (χ1) is 6.72. The number of phenols is 1. The van der Waals surface area contributed by atoms with Gasteiger partial charge in [0, 0.05) is 4.90 Å². The van der Waals surface area contributed by atoms with E-state index in [4.69, 9.17) is 0 Å². The summed E-state index contributed by atoms with van der Waals surface area (Å²) in [4.78, 5) is 0.179. The summed E-state index contributed by atoms with van der Waals surface area (Å²) >= 11 is -0.134. The fourth-order valence-corrected chi connectivity index (χ4v) is 2.07. The Morgan fingerprint density at radius 2 is 1.67 bits per heavy atom. The van der Waals surface area contributed by atoms with Crippen molar-refractivity contribution in [3.8, 4) is 5.75 Å². The smallest absolute Gasteiger partial charge is 0.446 e. The van der Waals surface area contributed by atoms with Gasteiger partial charge in [0.15, 0.2) is 0 Å². The van der Waals surface area contributed by atoms with Crippen molar-refractivity contribution in [2.45, 2.75) is 31.2 Å². The second-order valence-corrected chi connectivity index (χ2v) is 4.41. The molecule has 0 bridgehead atoms. The van der Waals surface area contributed by atoms with Gasteiger partial charge in [-0.2, -0.15) is 13.2 Å². The molecule has 0 radical (unpaired) electrons. The molecule has 0 amide bonds. The maximum Gasteiger partial charge on any atom is 0.446 e. The highest BCUT2D eigenvalue weighted by molar-refractivity contribution is 8.00. The lowest BCUT2D eigenvalue weighted by molar-refractivity contribution is -0.0328. The highest BCUT2D eigenvalue weighted by atomic mass is 32.2. The van der Waals surface area contributed by atoms with Gasteiger partial charge in [-0.25, -0.2) is 0 Å². The molecule has 84 valence electrons. The molecule has 0 aromatic heterocycles. The third-order valence-corrected chi connectivity index (χ3v) is 3.28. The Balaban J connectivity index is 3.24. The molecular weight excluding hydrogens is 225 g/mol. The molecule has 0 aliphatic carbocycles. The molecule has 0 aliphatic rings. The highest BCUT2D eigenvalue weighted by Crippen LogP contribution is 2.42. The van der Waals surface area contributed by atoms with E-state index in [1.54, 1.807) is 20.8 Å². The quantitative estimate of drug-likeness (QED) is 0.745. The molecule has 5 heteroatoms. The summed E-state index contributed by atoms with van der Waals surface area (Å²) in [5, 5.41) is 9.41. The van der Waals surface area contributed by atoms with Crippen molar-refractivity contribution >= 4 is 11.8 Å². The molecule has 0 saturated heterocycles. The fourth-order valence-electron chi connectivity index (χ4n) is 1.31. The van der Waals surface area contributed by atoms with E-state index in [-0.39, 0.29) is 22.4 Å². The van der Waals surface area contributed by atoms with Gasteiger partial charge in [-0.05, 0) is 55.3 Å². The Hall–Kier alpha value is -0.840. The van der Waals surface area contributed by atoms with Crippen LogP contribution in [0.25, 0.3) is 0 Å². The molecule has 1 nitrogen and oxygen atoms in total. The lowest BCUT2D eigenvalue weighted by Crippen LogP contribution is -2.02. The molecule has 0 atom stereocenters. The third-order valence-electron chi connectivity index (χ3n) is 2.22. The number of hydrogen-bond acceptors (Lipinski definition) is 2. The van der Waals surface area contributed by atoms with E-state index in [1.807, 2.05) is 0 Å².